The summed E-state index contributed by atoms with van der Waals surface area (Å²) >= 11 is 4.78. The predicted molar refractivity (Wildman–Crippen MR) is 83.3 cm³/mol. The maximum absolute atomic E-state index is 13.7. The molecule has 0 aliphatic heterocycles. The van der Waals surface area contributed by atoms with Crippen LogP contribution in [0.3, 0.4) is 0 Å². The van der Waals surface area contributed by atoms with E-state index in [0.717, 1.165) is 0 Å². The third-order valence-corrected chi connectivity index (χ3v) is 3.22. The molecule has 1 rings (SSSR count). The Morgan fingerprint density at radius 3 is 2.60 bits per heavy atom. The number of carbonyl (C=O) groups is 1. The van der Waals surface area contributed by atoms with E-state index in [2.05, 4.69) is 0 Å². The van der Waals surface area contributed by atoms with Crippen molar-refractivity contribution in [3.8, 4) is 0 Å². The molecule has 4 nitrogen and oxygen atoms in total. The Hall–Kier alpha value is -1.69. The molecule has 0 bridgehead atoms. The molecule has 0 atom stereocenters. The molecule has 0 heterocycles. The maximum atomic E-state index is 13.7. The Balaban J connectivity index is 2.67. The van der Waals surface area contributed by atoms with E-state index in [9.17, 15) is 9.18 Å². The highest BCUT2D eigenvalue weighted by atomic mass is 32.1. The highest BCUT2D eigenvalue weighted by Crippen LogP contribution is 2.18. The molecule has 0 aliphatic rings. The molecule has 0 aromatic heterocycles. The van der Waals surface area contributed by atoms with Crippen LogP contribution in [0.25, 0.3) is 0 Å². The standard InChI is InChI=1S/C14H20FN3OS/c1-3-18(12-7-5-4-6-11(12)15)10-14(19)17(2)9-8-13(16)20/h4-7H,3,8-10H2,1-2H3,(H2,16,20). The summed E-state index contributed by atoms with van der Waals surface area (Å²) < 4.78 is 13.7. The number of hydrogen-bond acceptors (Lipinski definition) is 3. The molecule has 0 spiro atoms. The highest BCUT2D eigenvalue weighted by molar-refractivity contribution is 7.80. The van der Waals surface area contributed by atoms with Gasteiger partial charge in [0, 0.05) is 26.6 Å². The van der Waals surface area contributed by atoms with E-state index in [1.54, 1.807) is 35.0 Å². The summed E-state index contributed by atoms with van der Waals surface area (Å²) in [5, 5.41) is 0. The van der Waals surface area contributed by atoms with Gasteiger partial charge in [-0.1, -0.05) is 24.4 Å². The molecule has 110 valence electrons. The lowest BCUT2D eigenvalue weighted by Gasteiger charge is -2.26. The van der Waals surface area contributed by atoms with Crippen LogP contribution in [0.2, 0.25) is 0 Å². The Kier molecular flexibility index (Phi) is 6.38. The molecule has 0 saturated heterocycles. The van der Waals surface area contributed by atoms with Crippen molar-refractivity contribution in [2.45, 2.75) is 13.3 Å². The van der Waals surface area contributed by atoms with Crippen LogP contribution < -0.4 is 10.6 Å². The van der Waals surface area contributed by atoms with Crippen molar-refractivity contribution in [3.05, 3.63) is 30.1 Å². The van der Waals surface area contributed by atoms with E-state index < -0.39 is 0 Å². The smallest absolute Gasteiger partial charge is 0.241 e. The number of nitrogens with two attached hydrogens (primary N) is 1. The fourth-order valence-corrected chi connectivity index (χ4v) is 1.85. The van der Waals surface area contributed by atoms with Gasteiger partial charge in [0.2, 0.25) is 5.91 Å². The summed E-state index contributed by atoms with van der Waals surface area (Å²) in [7, 11) is 1.69. The van der Waals surface area contributed by atoms with Crippen LogP contribution in [0.4, 0.5) is 10.1 Å². The predicted octanol–water partition coefficient (Wildman–Crippen LogP) is 1.79. The third kappa shape index (κ3) is 4.77. The number of rotatable bonds is 7. The summed E-state index contributed by atoms with van der Waals surface area (Å²) in [6.45, 7) is 3.04. The number of para-hydroxylation sites is 1. The van der Waals surface area contributed by atoms with Gasteiger partial charge >= 0.3 is 0 Å². The number of hydrogen-bond donors (Lipinski definition) is 1. The van der Waals surface area contributed by atoms with E-state index >= 15 is 0 Å². The van der Waals surface area contributed by atoms with E-state index in [1.165, 1.54) is 6.07 Å². The van der Waals surface area contributed by atoms with E-state index in [-0.39, 0.29) is 18.3 Å². The molecule has 0 radical (unpaired) electrons. The summed E-state index contributed by atoms with van der Waals surface area (Å²) in [5.41, 5.74) is 5.85. The average Bonchev–Trinajstić information content (AvgIpc) is 2.42. The molecule has 0 saturated carbocycles. The zero-order chi connectivity index (χ0) is 15.1. The minimum atomic E-state index is -0.326. The Labute approximate surface area is 124 Å². The first kappa shape index (κ1) is 16.4. The quantitative estimate of drug-likeness (QED) is 0.780. The second kappa shape index (κ2) is 7.79. The van der Waals surface area contributed by atoms with Gasteiger partial charge in [0.1, 0.15) is 5.82 Å². The molecule has 0 fully saturated rings. The van der Waals surface area contributed by atoms with Crippen LogP contribution in [0.15, 0.2) is 24.3 Å². The second-order valence-corrected chi connectivity index (χ2v) is 5.02. The maximum Gasteiger partial charge on any atom is 0.241 e. The number of likely N-dealkylation sites (N-methyl/N-ethyl adjacent to an activating group) is 2. The van der Waals surface area contributed by atoms with E-state index in [0.29, 0.717) is 30.2 Å². The van der Waals surface area contributed by atoms with Gasteiger partial charge in [0.05, 0.1) is 17.2 Å². The van der Waals surface area contributed by atoms with Crippen LogP contribution in [-0.2, 0) is 4.79 Å². The van der Waals surface area contributed by atoms with Crippen LogP contribution in [0.5, 0.6) is 0 Å². The SMILES string of the molecule is CCN(CC(=O)N(C)CCC(N)=S)c1ccccc1F. The molecule has 0 unspecified atom stereocenters. The van der Waals surface area contributed by atoms with Gasteiger partial charge in [0.15, 0.2) is 0 Å². The van der Waals surface area contributed by atoms with Crippen molar-refractivity contribution in [2.75, 3.05) is 31.6 Å². The molecule has 1 aromatic rings. The third-order valence-electron chi connectivity index (χ3n) is 3.02. The average molecular weight is 297 g/mol. The van der Waals surface area contributed by atoms with Crippen LogP contribution in [0.1, 0.15) is 13.3 Å². The Bertz CT molecular complexity index is 481. The number of benzene rings is 1. The molecule has 2 N–H and O–H groups in total. The fourth-order valence-electron chi connectivity index (χ4n) is 1.76. The zero-order valence-corrected chi connectivity index (χ0v) is 12.6. The fraction of sp³-hybridized carbons (Fsp3) is 0.429. The van der Waals surface area contributed by atoms with Crippen molar-refractivity contribution < 1.29 is 9.18 Å². The van der Waals surface area contributed by atoms with Gasteiger partial charge in [-0.15, -0.1) is 0 Å². The van der Waals surface area contributed by atoms with Crippen molar-refractivity contribution in [3.63, 3.8) is 0 Å². The molecule has 0 aliphatic carbocycles. The van der Waals surface area contributed by atoms with Gasteiger partial charge in [-0.05, 0) is 19.1 Å². The summed E-state index contributed by atoms with van der Waals surface area (Å²) in [4.78, 5) is 15.7. The number of anilines is 1. The number of carbonyl (C=O) groups excluding carboxylic acids is 1. The minimum Gasteiger partial charge on any atom is -0.393 e. The molecular formula is C14H20FN3OS. The lowest BCUT2D eigenvalue weighted by molar-refractivity contribution is -0.128. The van der Waals surface area contributed by atoms with E-state index in [4.69, 9.17) is 18.0 Å². The Morgan fingerprint density at radius 2 is 2.05 bits per heavy atom. The van der Waals surface area contributed by atoms with Crippen LogP contribution >= 0.6 is 12.2 Å². The zero-order valence-electron chi connectivity index (χ0n) is 11.8. The minimum absolute atomic E-state index is 0.0913. The van der Waals surface area contributed by atoms with Crippen molar-refractivity contribution >= 4 is 28.8 Å². The number of thiocarbonyl (C=S) groups is 1. The number of nitrogens with zero attached hydrogens (tertiary/aromatic N) is 2. The lowest BCUT2D eigenvalue weighted by Crippen LogP contribution is -2.39. The largest absolute Gasteiger partial charge is 0.393 e. The normalized spacial score (nSPS) is 10.2. The Morgan fingerprint density at radius 1 is 1.40 bits per heavy atom. The monoisotopic (exact) mass is 297 g/mol. The van der Waals surface area contributed by atoms with Gasteiger partial charge in [-0.2, -0.15) is 0 Å². The van der Waals surface area contributed by atoms with Gasteiger partial charge in [0.25, 0.3) is 0 Å². The van der Waals surface area contributed by atoms with Crippen LogP contribution in [-0.4, -0.2) is 42.5 Å². The molecule has 1 amide bonds. The first-order chi connectivity index (χ1) is 9.45. The lowest BCUT2D eigenvalue weighted by atomic mass is 10.2. The topological polar surface area (TPSA) is 49.6 Å². The van der Waals surface area contributed by atoms with Crippen molar-refractivity contribution in [1.82, 2.24) is 4.90 Å². The summed E-state index contributed by atoms with van der Waals surface area (Å²) in [6, 6.07) is 6.44. The van der Waals surface area contributed by atoms with Gasteiger partial charge < -0.3 is 15.5 Å². The second-order valence-electron chi connectivity index (χ2n) is 4.50. The first-order valence-electron chi connectivity index (χ1n) is 6.47. The van der Waals surface area contributed by atoms with E-state index in [1.807, 2.05) is 6.92 Å². The van der Waals surface area contributed by atoms with Gasteiger partial charge in [-0.25, -0.2) is 4.39 Å². The summed E-state index contributed by atoms with van der Waals surface area (Å²) in [6.07, 6.45) is 0.489. The number of amides is 1. The molecule has 1 aromatic carbocycles. The highest BCUT2D eigenvalue weighted by Gasteiger charge is 2.16. The van der Waals surface area contributed by atoms with Crippen molar-refractivity contribution in [2.24, 2.45) is 5.73 Å². The summed E-state index contributed by atoms with van der Waals surface area (Å²) in [5.74, 6) is -0.417. The van der Waals surface area contributed by atoms with Crippen molar-refractivity contribution in [1.29, 1.82) is 0 Å². The number of halogens is 1. The first-order valence-corrected chi connectivity index (χ1v) is 6.88. The molecular weight excluding hydrogens is 277 g/mol. The molecule has 20 heavy (non-hydrogen) atoms. The van der Waals surface area contributed by atoms with Gasteiger partial charge in [-0.3, -0.25) is 4.79 Å². The van der Waals surface area contributed by atoms with Crippen LogP contribution in [0, 0.1) is 5.82 Å². The molecule has 6 heteroatoms.